The lowest BCUT2D eigenvalue weighted by Crippen LogP contribution is -2.09. The predicted molar refractivity (Wildman–Crippen MR) is 78.3 cm³/mol. The molecule has 0 fully saturated rings. The average molecular weight is 269 g/mol. The Labute approximate surface area is 112 Å². The maximum absolute atomic E-state index is 11.7. The highest BCUT2D eigenvalue weighted by Crippen LogP contribution is 2.19. The molecule has 0 radical (unpaired) electrons. The van der Waals surface area contributed by atoms with Gasteiger partial charge in [-0.3, -0.25) is 4.21 Å². The third-order valence-electron chi connectivity index (χ3n) is 2.62. The number of anilines is 1. The summed E-state index contributed by atoms with van der Waals surface area (Å²) >= 11 is 0. The van der Waals surface area contributed by atoms with Gasteiger partial charge in [-0.2, -0.15) is 0 Å². The van der Waals surface area contributed by atoms with Crippen LogP contribution in [0.3, 0.4) is 0 Å². The molecule has 18 heavy (non-hydrogen) atoms. The summed E-state index contributed by atoms with van der Waals surface area (Å²) < 4.78 is 17.2. The molecule has 0 bridgehead atoms. The molecule has 2 N–H and O–H groups in total. The van der Waals surface area contributed by atoms with Crippen LogP contribution in [-0.4, -0.2) is 22.3 Å². The minimum absolute atomic E-state index is 0.571. The fourth-order valence-electron chi connectivity index (χ4n) is 1.48. The minimum Gasteiger partial charge on any atom is -0.491 e. The van der Waals surface area contributed by atoms with Gasteiger partial charge in [0, 0.05) is 22.3 Å². The first-order valence-electron chi connectivity index (χ1n) is 6.42. The van der Waals surface area contributed by atoms with Crippen molar-refractivity contribution in [3.8, 4) is 5.75 Å². The van der Waals surface area contributed by atoms with Crippen LogP contribution in [0.5, 0.6) is 5.75 Å². The van der Waals surface area contributed by atoms with Gasteiger partial charge < -0.3 is 10.5 Å². The van der Waals surface area contributed by atoms with Crippen LogP contribution in [0.1, 0.15) is 26.7 Å². The Morgan fingerprint density at radius 1 is 1.28 bits per heavy atom. The van der Waals surface area contributed by atoms with E-state index in [9.17, 15) is 4.21 Å². The fourth-order valence-corrected chi connectivity index (χ4v) is 2.86. The van der Waals surface area contributed by atoms with Crippen molar-refractivity contribution in [1.82, 2.24) is 0 Å². The SMILES string of the molecule is CC(C)CCS(=O)CCCOc1ccccc1N. The third kappa shape index (κ3) is 6.05. The molecule has 0 aliphatic carbocycles. The van der Waals surface area contributed by atoms with Crippen molar-refractivity contribution >= 4 is 16.5 Å². The predicted octanol–water partition coefficient (Wildman–Crippen LogP) is 2.83. The number of ether oxygens (including phenoxy) is 1. The van der Waals surface area contributed by atoms with Gasteiger partial charge in [-0.15, -0.1) is 0 Å². The second-order valence-electron chi connectivity index (χ2n) is 4.77. The van der Waals surface area contributed by atoms with Crippen molar-refractivity contribution < 1.29 is 8.95 Å². The van der Waals surface area contributed by atoms with Crippen LogP contribution < -0.4 is 10.5 Å². The largest absolute Gasteiger partial charge is 0.491 e. The lowest BCUT2D eigenvalue weighted by molar-refractivity contribution is 0.320. The lowest BCUT2D eigenvalue weighted by Gasteiger charge is -2.08. The van der Waals surface area contributed by atoms with Crippen LogP contribution in [0.15, 0.2) is 24.3 Å². The van der Waals surface area contributed by atoms with Crippen LogP contribution in [0.25, 0.3) is 0 Å². The molecule has 4 heteroatoms. The maximum Gasteiger partial charge on any atom is 0.142 e. The average Bonchev–Trinajstić information content (AvgIpc) is 2.34. The van der Waals surface area contributed by atoms with E-state index in [1.54, 1.807) is 0 Å². The van der Waals surface area contributed by atoms with Gasteiger partial charge in [-0.1, -0.05) is 26.0 Å². The van der Waals surface area contributed by atoms with E-state index in [-0.39, 0.29) is 0 Å². The summed E-state index contributed by atoms with van der Waals surface area (Å²) in [5.74, 6) is 2.84. The Hall–Kier alpha value is -1.03. The molecule has 1 rings (SSSR count). The number of benzene rings is 1. The number of nitrogen functional groups attached to an aromatic ring is 1. The molecular weight excluding hydrogens is 246 g/mol. The summed E-state index contributed by atoms with van der Waals surface area (Å²) in [6, 6.07) is 7.44. The van der Waals surface area contributed by atoms with Crippen LogP contribution in [0.2, 0.25) is 0 Å². The number of para-hydroxylation sites is 2. The monoisotopic (exact) mass is 269 g/mol. The standard InChI is InChI=1S/C14H23NO2S/c1-12(2)8-11-18(16)10-5-9-17-14-7-4-3-6-13(14)15/h3-4,6-7,12H,5,8-11,15H2,1-2H3. The van der Waals surface area contributed by atoms with Gasteiger partial charge >= 0.3 is 0 Å². The Balaban J connectivity index is 2.15. The van der Waals surface area contributed by atoms with E-state index in [0.717, 1.165) is 18.6 Å². The summed E-state index contributed by atoms with van der Waals surface area (Å²) in [5, 5.41) is 0. The van der Waals surface area contributed by atoms with E-state index in [1.807, 2.05) is 24.3 Å². The van der Waals surface area contributed by atoms with E-state index in [0.29, 0.717) is 29.7 Å². The Kier molecular flexibility index (Phi) is 6.80. The number of rotatable bonds is 8. The summed E-state index contributed by atoms with van der Waals surface area (Å²) in [6.45, 7) is 4.87. The molecule has 102 valence electrons. The van der Waals surface area contributed by atoms with Crippen LogP contribution in [0, 0.1) is 5.92 Å². The summed E-state index contributed by atoms with van der Waals surface area (Å²) in [7, 11) is -0.715. The molecule has 0 aliphatic rings. The van der Waals surface area contributed by atoms with E-state index in [1.165, 1.54) is 0 Å². The highest BCUT2D eigenvalue weighted by molar-refractivity contribution is 7.84. The van der Waals surface area contributed by atoms with E-state index >= 15 is 0 Å². The summed E-state index contributed by atoms with van der Waals surface area (Å²) in [6.07, 6.45) is 1.83. The molecule has 0 heterocycles. The number of nitrogens with two attached hydrogens (primary N) is 1. The molecule has 0 saturated heterocycles. The van der Waals surface area contributed by atoms with Gasteiger partial charge in [0.05, 0.1) is 12.3 Å². The van der Waals surface area contributed by atoms with Crippen molar-refractivity contribution in [3.05, 3.63) is 24.3 Å². The van der Waals surface area contributed by atoms with Gasteiger partial charge in [-0.05, 0) is 30.9 Å². The summed E-state index contributed by atoms with van der Waals surface area (Å²) in [4.78, 5) is 0. The van der Waals surface area contributed by atoms with Crippen molar-refractivity contribution in [3.63, 3.8) is 0 Å². The normalized spacial score (nSPS) is 12.6. The molecule has 0 spiro atoms. The van der Waals surface area contributed by atoms with Gasteiger partial charge in [0.1, 0.15) is 5.75 Å². The topological polar surface area (TPSA) is 52.3 Å². The molecule has 0 aliphatic heterocycles. The van der Waals surface area contributed by atoms with Gasteiger partial charge in [-0.25, -0.2) is 0 Å². The van der Waals surface area contributed by atoms with E-state index in [4.69, 9.17) is 10.5 Å². The Morgan fingerprint density at radius 2 is 2.00 bits per heavy atom. The highest BCUT2D eigenvalue weighted by atomic mass is 32.2. The molecule has 1 unspecified atom stereocenters. The van der Waals surface area contributed by atoms with Crippen molar-refractivity contribution in [1.29, 1.82) is 0 Å². The van der Waals surface area contributed by atoms with E-state index in [2.05, 4.69) is 13.8 Å². The Morgan fingerprint density at radius 3 is 2.67 bits per heavy atom. The molecule has 3 nitrogen and oxygen atoms in total. The molecule has 1 atom stereocenters. The van der Waals surface area contributed by atoms with E-state index < -0.39 is 10.8 Å². The maximum atomic E-state index is 11.7. The molecular formula is C14H23NO2S. The van der Waals surface area contributed by atoms with Gasteiger partial charge in [0.25, 0.3) is 0 Å². The zero-order valence-electron chi connectivity index (χ0n) is 11.2. The molecule has 0 saturated carbocycles. The number of hydrogen-bond acceptors (Lipinski definition) is 3. The van der Waals surface area contributed by atoms with Crippen molar-refractivity contribution in [2.24, 2.45) is 5.92 Å². The third-order valence-corrected chi connectivity index (χ3v) is 4.05. The van der Waals surface area contributed by atoms with Crippen LogP contribution in [-0.2, 0) is 10.8 Å². The van der Waals surface area contributed by atoms with Crippen molar-refractivity contribution in [2.45, 2.75) is 26.7 Å². The van der Waals surface area contributed by atoms with Gasteiger partial charge in [0.15, 0.2) is 0 Å². The first-order valence-corrected chi connectivity index (χ1v) is 7.90. The molecule has 0 aromatic heterocycles. The first kappa shape index (κ1) is 15.0. The lowest BCUT2D eigenvalue weighted by atomic mass is 10.2. The summed E-state index contributed by atoms with van der Waals surface area (Å²) in [5.41, 5.74) is 6.41. The zero-order valence-corrected chi connectivity index (χ0v) is 12.0. The van der Waals surface area contributed by atoms with Crippen LogP contribution >= 0.6 is 0 Å². The van der Waals surface area contributed by atoms with Crippen molar-refractivity contribution in [2.75, 3.05) is 23.8 Å². The number of hydrogen-bond donors (Lipinski definition) is 1. The molecule has 0 amide bonds. The van der Waals surface area contributed by atoms with Gasteiger partial charge in [0.2, 0.25) is 0 Å². The second-order valence-corrected chi connectivity index (χ2v) is 6.47. The highest BCUT2D eigenvalue weighted by Gasteiger charge is 2.03. The van der Waals surface area contributed by atoms with Crippen LogP contribution in [0.4, 0.5) is 5.69 Å². The Bertz CT molecular complexity index is 380. The molecule has 1 aromatic rings. The first-order chi connectivity index (χ1) is 8.59. The smallest absolute Gasteiger partial charge is 0.142 e. The minimum atomic E-state index is -0.715. The fraction of sp³-hybridized carbons (Fsp3) is 0.571. The zero-order chi connectivity index (χ0) is 13.4. The quantitative estimate of drug-likeness (QED) is 0.583. The second kappa shape index (κ2) is 8.14. The molecule has 1 aromatic carbocycles.